The lowest BCUT2D eigenvalue weighted by atomic mass is 9.95. The molecule has 5 heteroatoms. The third-order valence-corrected chi connectivity index (χ3v) is 4.04. The Kier molecular flexibility index (Phi) is 3.84. The summed E-state index contributed by atoms with van der Waals surface area (Å²) < 4.78 is 0. The summed E-state index contributed by atoms with van der Waals surface area (Å²) in [6.45, 7) is 0. The van der Waals surface area contributed by atoms with Gasteiger partial charge in [0.05, 0.1) is 17.1 Å². The van der Waals surface area contributed by atoms with Gasteiger partial charge in [0, 0.05) is 0 Å². The number of aliphatic carboxylic acids is 1. The quantitative estimate of drug-likeness (QED) is 0.806. The molecule has 0 fully saturated rings. The Labute approximate surface area is 108 Å². The van der Waals surface area contributed by atoms with Crippen LogP contribution in [0.2, 0.25) is 0 Å². The van der Waals surface area contributed by atoms with Gasteiger partial charge in [-0.2, -0.15) is 0 Å². The smallest absolute Gasteiger partial charge is 0.373 e. The second-order valence-corrected chi connectivity index (χ2v) is 5.07. The molecular formula is C13H12O4S. The van der Waals surface area contributed by atoms with Gasteiger partial charge >= 0.3 is 5.97 Å². The highest BCUT2D eigenvalue weighted by Crippen LogP contribution is 2.38. The van der Waals surface area contributed by atoms with Crippen LogP contribution in [0.4, 0.5) is 0 Å². The SMILES string of the molecule is O=C(O)C(=O)CS[C@@H]1c2ccccc2C=C[C@H]1O. The second kappa shape index (κ2) is 5.37. The molecule has 0 unspecified atom stereocenters. The summed E-state index contributed by atoms with van der Waals surface area (Å²) in [4.78, 5) is 21.5. The normalized spacial score (nSPS) is 21.4. The van der Waals surface area contributed by atoms with Crippen LogP contribution in [0.1, 0.15) is 16.4 Å². The maximum absolute atomic E-state index is 11.1. The molecule has 0 saturated carbocycles. The lowest BCUT2D eigenvalue weighted by Crippen LogP contribution is -2.21. The molecule has 94 valence electrons. The molecule has 0 heterocycles. The standard InChI is InChI=1S/C13H12O4S/c14-10-6-5-8-3-1-2-4-9(8)12(10)18-7-11(15)13(16)17/h1-6,10,12,14H,7H2,(H,16,17)/t10-,12-/m1/s1. The van der Waals surface area contributed by atoms with Crippen LogP contribution in [0.3, 0.4) is 0 Å². The molecule has 0 bridgehead atoms. The van der Waals surface area contributed by atoms with E-state index in [4.69, 9.17) is 5.11 Å². The zero-order chi connectivity index (χ0) is 13.1. The van der Waals surface area contributed by atoms with E-state index in [9.17, 15) is 14.7 Å². The van der Waals surface area contributed by atoms with Gasteiger partial charge in [0.1, 0.15) is 0 Å². The Hall–Kier alpha value is -1.59. The third kappa shape index (κ3) is 2.63. The summed E-state index contributed by atoms with van der Waals surface area (Å²) in [6.07, 6.45) is 2.79. The van der Waals surface area contributed by atoms with Crippen molar-refractivity contribution in [3.63, 3.8) is 0 Å². The maximum atomic E-state index is 11.1. The van der Waals surface area contributed by atoms with Crippen LogP contribution in [0.5, 0.6) is 0 Å². The molecule has 0 amide bonds. The Morgan fingerprint density at radius 2 is 2.00 bits per heavy atom. The van der Waals surface area contributed by atoms with Gasteiger partial charge in [0.2, 0.25) is 5.78 Å². The summed E-state index contributed by atoms with van der Waals surface area (Å²) in [7, 11) is 0. The van der Waals surface area contributed by atoms with E-state index in [1.165, 1.54) is 0 Å². The van der Waals surface area contributed by atoms with Crippen LogP contribution >= 0.6 is 11.8 Å². The van der Waals surface area contributed by atoms with Crippen molar-refractivity contribution in [2.45, 2.75) is 11.4 Å². The molecule has 4 nitrogen and oxygen atoms in total. The number of thioether (sulfide) groups is 1. The van der Waals surface area contributed by atoms with Gasteiger partial charge in [-0.15, -0.1) is 11.8 Å². The number of carboxylic acid groups (broad SMARTS) is 1. The van der Waals surface area contributed by atoms with Gasteiger partial charge < -0.3 is 10.2 Å². The number of fused-ring (bicyclic) bond motifs is 1. The monoisotopic (exact) mass is 264 g/mol. The highest BCUT2D eigenvalue weighted by molar-refractivity contribution is 8.00. The topological polar surface area (TPSA) is 74.6 Å². The number of rotatable bonds is 4. The summed E-state index contributed by atoms with van der Waals surface area (Å²) >= 11 is 1.15. The largest absolute Gasteiger partial charge is 0.475 e. The summed E-state index contributed by atoms with van der Waals surface area (Å²) in [5, 5.41) is 18.1. The van der Waals surface area contributed by atoms with E-state index in [0.717, 1.165) is 22.9 Å². The van der Waals surface area contributed by atoms with Crippen molar-refractivity contribution >= 4 is 29.6 Å². The molecule has 0 aliphatic heterocycles. The minimum atomic E-state index is -1.43. The first kappa shape index (κ1) is 12.9. The van der Waals surface area contributed by atoms with Crippen LogP contribution in [-0.4, -0.2) is 33.8 Å². The minimum absolute atomic E-state index is 0.140. The molecule has 2 N–H and O–H groups in total. The molecule has 1 aromatic carbocycles. The Balaban J connectivity index is 2.15. The minimum Gasteiger partial charge on any atom is -0.475 e. The lowest BCUT2D eigenvalue weighted by molar-refractivity contribution is -0.147. The average Bonchev–Trinajstić information content (AvgIpc) is 2.37. The number of carboxylic acids is 1. The van der Waals surface area contributed by atoms with Gasteiger partial charge in [-0.3, -0.25) is 4.79 Å². The summed E-state index contributed by atoms with van der Waals surface area (Å²) in [5.74, 6) is -2.42. The first-order valence-corrected chi connectivity index (χ1v) is 6.47. The Morgan fingerprint density at radius 3 is 2.72 bits per heavy atom. The molecule has 18 heavy (non-hydrogen) atoms. The van der Waals surface area contributed by atoms with E-state index in [1.54, 1.807) is 6.08 Å². The number of aliphatic hydroxyl groups is 1. The first-order valence-electron chi connectivity index (χ1n) is 5.42. The fourth-order valence-electron chi connectivity index (χ4n) is 1.82. The van der Waals surface area contributed by atoms with Crippen molar-refractivity contribution < 1.29 is 19.8 Å². The molecule has 1 aliphatic rings. The van der Waals surface area contributed by atoms with Gasteiger partial charge in [0.15, 0.2) is 0 Å². The highest BCUT2D eigenvalue weighted by atomic mass is 32.2. The predicted octanol–water partition coefficient (Wildman–Crippen LogP) is 1.50. The molecule has 1 aliphatic carbocycles. The summed E-state index contributed by atoms with van der Waals surface area (Å²) in [6, 6.07) is 7.55. The molecule has 2 rings (SSSR count). The van der Waals surface area contributed by atoms with Crippen molar-refractivity contribution in [1.29, 1.82) is 0 Å². The highest BCUT2D eigenvalue weighted by Gasteiger charge is 2.26. The van der Waals surface area contributed by atoms with Gasteiger partial charge in [-0.05, 0) is 11.1 Å². The van der Waals surface area contributed by atoms with Crippen molar-refractivity contribution in [2.75, 3.05) is 5.75 Å². The number of hydrogen-bond donors (Lipinski definition) is 2. The second-order valence-electron chi connectivity index (χ2n) is 3.94. The number of ketones is 1. The summed E-state index contributed by atoms with van der Waals surface area (Å²) in [5.41, 5.74) is 1.92. The molecule has 1 aromatic rings. The zero-order valence-electron chi connectivity index (χ0n) is 9.45. The maximum Gasteiger partial charge on any atom is 0.373 e. The van der Waals surface area contributed by atoms with E-state index in [-0.39, 0.29) is 11.0 Å². The average molecular weight is 264 g/mol. The molecule has 0 aromatic heterocycles. The van der Waals surface area contributed by atoms with E-state index in [1.807, 2.05) is 30.3 Å². The van der Waals surface area contributed by atoms with Crippen LogP contribution in [0.25, 0.3) is 6.08 Å². The van der Waals surface area contributed by atoms with Crippen LogP contribution < -0.4 is 0 Å². The van der Waals surface area contributed by atoms with Crippen molar-refractivity contribution in [1.82, 2.24) is 0 Å². The molecule has 0 spiro atoms. The molecular weight excluding hydrogens is 252 g/mol. The zero-order valence-corrected chi connectivity index (χ0v) is 10.3. The van der Waals surface area contributed by atoms with E-state index in [2.05, 4.69) is 0 Å². The molecule has 0 saturated heterocycles. The third-order valence-electron chi connectivity index (χ3n) is 2.72. The van der Waals surface area contributed by atoms with Gasteiger partial charge in [0.25, 0.3) is 0 Å². The number of hydrogen-bond acceptors (Lipinski definition) is 4. The van der Waals surface area contributed by atoms with Crippen LogP contribution in [-0.2, 0) is 9.59 Å². The van der Waals surface area contributed by atoms with Crippen LogP contribution in [0.15, 0.2) is 30.3 Å². The van der Waals surface area contributed by atoms with Gasteiger partial charge in [-0.25, -0.2) is 4.79 Å². The Morgan fingerprint density at radius 1 is 1.28 bits per heavy atom. The van der Waals surface area contributed by atoms with E-state index in [0.29, 0.717) is 0 Å². The Bertz CT molecular complexity index is 509. The van der Waals surface area contributed by atoms with E-state index >= 15 is 0 Å². The number of carbonyl (C=O) groups is 2. The van der Waals surface area contributed by atoms with Crippen molar-refractivity contribution in [3.8, 4) is 0 Å². The van der Waals surface area contributed by atoms with Crippen LogP contribution in [0, 0.1) is 0 Å². The number of aliphatic hydroxyl groups excluding tert-OH is 1. The van der Waals surface area contributed by atoms with E-state index < -0.39 is 17.9 Å². The van der Waals surface area contributed by atoms with Gasteiger partial charge in [-0.1, -0.05) is 36.4 Å². The number of Topliss-reactive ketones (excluding diaryl/α,β-unsaturated/α-hetero) is 1. The fourth-order valence-corrected chi connectivity index (χ4v) is 2.96. The molecule has 2 atom stereocenters. The molecule has 0 radical (unpaired) electrons. The number of benzene rings is 1. The lowest BCUT2D eigenvalue weighted by Gasteiger charge is -2.25. The predicted molar refractivity (Wildman–Crippen MR) is 69.3 cm³/mol. The number of carbonyl (C=O) groups excluding carboxylic acids is 1. The van der Waals surface area contributed by atoms with Crippen molar-refractivity contribution in [3.05, 3.63) is 41.5 Å². The fraction of sp³-hybridized carbons (Fsp3) is 0.231. The first-order chi connectivity index (χ1) is 8.59. The van der Waals surface area contributed by atoms with Crippen molar-refractivity contribution in [2.24, 2.45) is 0 Å².